The van der Waals surface area contributed by atoms with Crippen LogP contribution in [-0.2, 0) is 0 Å². The molecule has 2 heteroatoms. The first-order valence-electron chi connectivity index (χ1n) is 3.75. The van der Waals surface area contributed by atoms with Gasteiger partial charge in [0.1, 0.15) is 6.20 Å². The fourth-order valence-electron chi connectivity index (χ4n) is 1.03. The van der Waals surface area contributed by atoms with Gasteiger partial charge in [-0.15, -0.1) is 4.57 Å². The zero-order chi connectivity index (χ0) is 8.23. The van der Waals surface area contributed by atoms with Gasteiger partial charge in [-0.3, -0.25) is 0 Å². The summed E-state index contributed by atoms with van der Waals surface area (Å²) in [5.41, 5.74) is 1.01. The molecule has 0 aromatic carbocycles. The Morgan fingerprint density at radius 2 is 2.00 bits per heavy atom. The zero-order valence-corrected chi connectivity index (χ0v) is 6.51. The summed E-state index contributed by atoms with van der Waals surface area (Å²) in [4.78, 5) is 3.90. The lowest BCUT2D eigenvalue weighted by Gasteiger charge is -1.86. The van der Waals surface area contributed by atoms with Gasteiger partial charge >= 0.3 is 5.70 Å². The Morgan fingerprint density at radius 3 is 2.67 bits per heavy atom. The average Bonchev–Trinajstić information content (AvgIpc) is 2.21. The molecule has 1 aliphatic heterocycles. The van der Waals surface area contributed by atoms with Crippen LogP contribution in [0.15, 0.2) is 47.9 Å². The molecule has 56 valence electrons. The van der Waals surface area contributed by atoms with Crippen LogP contribution < -0.4 is 4.57 Å². The van der Waals surface area contributed by atoms with Crippen molar-refractivity contribution in [2.75, 3.05) is 0 Å². The topological polar surface area (TPSA) is 16.2 Å². The van der Waals surface area contributed by atoms with Crippen molar-refractivity contribution in [3.8, 4) is 0 Å². The van der Waals surface area contributed by atoms with Crippen LogP contribution in [-0.4, -0.2) is 6.21 Å². The Bertz CT molecular complexity index is 347. The third-order valence-electron chi connectivity index (χ3n) is 1.60. The van der Waals surface area contributed by atoms with Crippen molar-refractivity contribution < 1.29 is 4.57 Å². The summed E-state index contributed by atoms with van der Waals surface area (Å²) in [6.45, 7) is 0. The normalized spacial score (nSPS) is 13.8. The van der Waals surface area contributed by atoms with Crippen molar-refractivity contribution in [1.82, 2.24) is 0 Å². The van der Waals surface area contributed by atoms with Crippen LogP contribution >= 0.6 is 0 Å². The lowest BCUT2D eigenvalue weighted by atomic mass is 10.3. The standard InChI is InChI=1S/C10H8N2/c1-2-8-12(9-3-1)10-4-6-11-7-5-10/h1-4,6-9H/q+2. The van der Waals surface area contributed by atoms with Gasteiger partial charge in [-0.25, -0.2) is 4.99 Å². The fourth-order valence-corrected chi connectivity index (χ4v) is 1.03. The minimum Gasteiger partial charge on any atom is -0.211 e. The number of hydrogen-bond donors (Lipinski definition) is 0. The van der Waals surface area contributed by atoms with E-state index in [1.807, 2.05) is 41.2 Å². The minimum atomic E-state index is 1.01. The number of allylic oxidation sites excluding steroid dienone is 3. The Balaban J connectivity index is 2.38. The van der Waals surface area contributed by atoms with Crippen LogP contribution in [0.1, 0.15) is 0 Å². The van der Waals surface area contributed by atoms with Gasteiger partial charge < -0.3 is 0 Å². The first kappa shape index (κ1) is 6.89. The molecule has 1 aliphatic rings. The average molecular weight is 156 g/mol. The van der Waals surface area contributed by atoms with E-state index in [1.54, 1.807) is 12.4 Å². The van der Waals surface area contributed by atoms with Gasteiger partial charge in [0.05, 0.1) is 0 Å². The molecule has 1 aromatic heterocycles. The number of aliphatic imine (C=N–C) groups is 1. The smallest absolute Gasteiger partial charge is 0.211 e. The van der Waals surface area contributed by atoms with E-state index < -0.39 is 0 Å². The van der Waals surface area contributed by atoms with Gasteiger partial charge in [-0.05, 0) is 0 Å². The van der Waals surface area contributed by atoms with Crippen LogP contribution in [0.2, 0.25) is 0 Å². The molecule has 12 heavy (non-hydrogen) atoms. The molecule has 0 atom stereocenters. The number of aromatic nitrogens is 1. The van der Waals surface area contributed by atoms with Crippen LogP contribution in [0, 0.1) is 6.08 Å². The van der Waals surface area contributed by atoms with Crippen molar-refractivity contribution in [2.24, 2.45) is 4.99 Å². The number of nitrogens with zero attached hydrogens (tertiary/aromatic N) is 2. The van der Waals surface area contributed by atoms with Gasteiger partial charge in [0.25, 0.3) is 0 Å². The van der Waals surface area contributed by atoms with E-state index in [9.17, 15) is 0 Å². The second-order valence-electron chi connectivity index (χ2n) is 2.41. The summed E-state index contributed by atoms with van der Waals surface area (Å²) in [5, 5.41) is 0. The van der Waals surface area contributed by atoms with E-state index in [1.165, 1.54) is 0 Å². The molecule has 1 aromatic rings. The molecule has 0 N–H and O–H groups in total. The summed E-state index contributed by atoms with van der Waals surface area (Å²) in [6, 6.07) is 5.94. The third kappa shape index (κ3) is 1.29. The fraction of sp³-hybridized carbons (Fsp3) is 0. The molecular formula is C10H8N2+2. The van der Waals surface area contributed by atoms with Crippen molar-refractivity contribution in [3.05, 3.63) is 48.9 Å². The molecule has 0 bridgehead atoms. The SMILES string of the molecule is [C+]1=C([n+]2ccccc2)C=CN=C1. The van der Waals surface area contributed by atoms with Gasteiger partial charge in [0.2, 0.25) is 0 Å². The van der Waals surface area contributed by atoms with E-state index >= 15 is 0 Å². The molecule has 2 nitrogen and oxygen atoms in total. The number of hydrogen-bond acceptors (Lipinski definition) is 1. The molecule has 0 saturated heterocycles. The van der Waals surface area contributed by atoms with Crippen LogP contribution in [0.4, 0.5) is 0 Å². The predicted molar refractivity (Wildman–Crippen MR) is 47.2 cm³/mol. The highest BCUT2D eigenvalue weighted by Crippen LogP contribution is 1.97. The maximum Gasteiger partial charge on any atom is 0.433 e. The zero-order valence-electron chi connectivity index (χ0n) is 6.51. The van der Waals surface area contributed by atoms with E-state index in [-0.39, 0.29) is 0 Å². The molecule has 0 aliphatic carbocycles. The summed E-state index contributed by atoms with van der Waals surface area (Å²) in [5.74, 6) is 0. The van der Waals surface area contributed by atoms with E-state index in [2.05, 4.69) is 11.1 Å². The summed E-state index contributed by atoms with van der Waals surface area (Å²) in [7, 11) is 0. The Hall–Kier alpha value is -1.79. The van der Waals surface area contributed by atoms with Crippen LogP contribution in [0.25, 0.3) is 5.70 Å². The summed E-state index contributed by atoms with van der Waals surface area (Å²) in [6.07, 6.45) is 12.3. The summed E-state index contributed by atoms with van der Waals surface area (Å²) >= 11 is 0. The highest BCUT2D eigenvalue weighted by atomic mass is 14.9. The molecule has 0 spiro atoms. The second-order valence-corrected chi connectivity index (χ2v) is 2.41. The lowest BCUT2D eigenvalue weighted by molar-refractivity contribution is -0.578. The monoisotopic (exact) mass is 156 g/mol. The first-order valence-corrected chi connectivity index (χ1v) is 3.75. The quantitative estimate of drug-likeness (QED) is 0.429. The largest absolute Gasteiger partial charge is 0.433 e. The molecular weight excluding hydrogens is 148 g/mol. The Labute approximate surface area is 71.2 Å². The molecule has 2 rings (SSSR count). The van der Waals surface area contributed by atoms with Crippen molar-refractivity contribution >= 4 is 11.9 Å². The number of pyridine rings is 1. The molecule has 0 saturated carbocycles. The van der Waals surface area contributed by atoms with Crippen molar-refractivity contribution in [3.63, 3.8) is 0 Å². The molecule has 0 fully saturated rings. The molecule has 0 unspecified atom stereocenters. The lowest BCUT2D eigenvalue weighted by Crippen LogP contribution is -2.30. The van der Waals surface area contributed by atoms with Crippen LogP contribution in [0.5, 0.6) is 0 Å². The molecule has 0 radical (unpaired) electrons. The maximum absolute atomic E-state index is 3.90. The van der Waals surface area contributed by atoms with E-state index in [0.29, 0.717) is 0 Å². The number of rotatable bonds is 1. The van der Waals surface area contributed by atoms with Crippen molar-refractivity contribution in [2.45, 2.75) is 0 Å². The van der Waals surface area contributed by atoms with E-state index in [4.69, 9.17) is 0 Å². The van der Waals surface area contributed by atoms with Crippen LogP contribution in [0.3, 0.4) is 0 Å². The van der Waals surface area contributed by atoms with Gasteiger partial charge in [0.15, 0.2) is 30.8 Å². The van der Waals surface area contributed by atoms with Crippen molar-refractivity contribution in [1.29, 1.82) is 0 Å². The summed E-state index contributed by atoms with van der Waals surface area (Å²) < 4.78 is 1.99. The molecule has 0 amide bonds. The second kappa shape index (κ2) is 3.07. The molecule has 2 heterocycles. The Morgan fingerprint density at radius 1 is 1.17 bits per heavy atom. The first-order chi connectivity index (χ1) is 5.97. The van der Waals surface area contributed by atoms with E-state index in [0.717, 1.165) is 5.70 Å². The maximum atomic E-state index is 3.90. The van der Waals surface area contributed by atoms with Gasteiger partial charge in [-0.1, -0.05) is 6.07 Å². The van der Waals surface area contributed by atoms with Gasteiger partial charge in [0, 0.05) is 12.1 Å². The highest BCUT2D eigenvalue weighted by molar-refractivity contribution is 5.76. The highest BCUT2D eigenvalue weighted by Gasteiger charge is 2.16. The Kier molecular flexibility index (Phi) is 1.77. The minimum absolute atomic E-state index is 1.01. The third-order valence-corrected chi connectivity index (χ3v) is 1.60. The predicted octanol–water partition coefficient (Wildman–Crippen LogP) is 1.22. The van der Waals surface area contributed by atoms with Gasteiger partial charge in [-0.2, -0.15) is 0 Å².